The van der Waals surface area contributed by atoms with E-state index in [1.807, 2.05) is 0 Å². The molecule has 1 aliphatic carbocycles. The number of hydrogen-bond donors (Lipinski definition) is 6. The van der Waals surface area contributed by atoms with E-state index in [0.29, 0.717) is 12.8 Å². The van der Waals surface area contributed by atoms with Crippen LogP contribution in [0.1, 0.15) is 187 Å². The summed E-state index contributed by atoms with van der Waals surface area (Å²) in [7, 11) is -5.11. The molecule has 6 N–H and O–H groups in total. The summed E-state index contributed by atoms with van der Waals surface area (Å²) in [4.78, 5) is 35.5. The zero-order chi connectivity index (χ0) is 41.4. The zero-order valence-electron chi connectivity index (χ0n) is 34.7. The van der Waals surface area contributed by atoms with Crippen LogP contribution in [0.3, 0.4) is 0 Å². The molecule has 0 radical (unpaired) electrons. The largest absolute Gasteiger partial charge is 0.472 e. The van der Waals surface area contributed by atoms with Gasteiger partial charge < -0.3 is 39.9 Å². The SMILES string of the molecule is CCCCCCCC/C=C/CCCCCCCCCC(=O)O[C@H](COC(=O)CCCCCCCCCCCC)COP(=O)(O)OC1C(O)C(O)C(O)[C@H](O)C1O. The lowest BCUT2D eigenvalue weighted by atomic mass is 9.85. The molecule has 0 amide bonds. The molecule has 1 rings (SSSR count). The highest BCUT2D eigenvalue weighted by molar-refractivity contribution is 7.47. The maximum atomic E-state index is 12.8. The predicted octanol–water partition coefficient (Wildman–Crippen LogP) is 7.89. The summed E-state index contributed by atoms with van der Waals surface area (Å²) in [6, 6.07) is 0. The van der Waals surface area contributed by atoms with Gasteiger partial charge in [-0.25, -0.2) is 4.57 Å². The van der Waals surface area contributed by atoms with Crippen LogP contribution in [0.15, 0.2) is 12.2 Å². The summed E-state index contributed by atoms with van der Waals surface area (Å²) >= 11 is 0. The predicted molar refractivity (Wildman–Crippen MR) is 217 cm³/mol. The van der Waals surface area contributed by atoms with E-state index in [4.69, 9.17) is 18.5 Å². The third-order valence-corrected chi connectivity index (χ3v) is 11.3. The van der Waals surface area contributed by atoms with Crippen LogP contribution in [0.5, 0.6) is 0 Å². The van der Waals surface area contributed by atoms with Crippen molar-refractivity contribution in [1.29, 1.82) is 0 Å². The number of hydrogen-bond acceptors (Lipinski definition) is 12. The number of rotatable bonds is 36. The summed E-state index contributed by atoms with van der Waals surface area (Å²) in [5.41, 5.74) is 0. The minimum absolute atomic E-state index is 0.0955. The molecule has 0 aromatic heterocycles. The standard InChI is InChI=1S/C42H79O13P/c1-3-5-7-9-11-13-15-16-17-18-19-20-21-23-25-27-29-31-36(44)54-34(32-52-35(43)30-28-26-24-22-14-12-10-8-6-4-2)33-53-56(50,51)55-42-40(48)38(46)37(45)39(47)41(42)49/h16-17,34,37-42,45-49H,3-15,18-33H2,1-2H3,(H,50,51)/b17-16+/t34-,37?,38+,39?,40?,41?,42?/m1/s1. The van der Waals surface area contributed by atoms with Gasteiger partial charge in [-0.05, 0) is 38.5 Å². The molecule has 0 bridgehead atoms. The van der Waals surface area contributed by atoms with Gasteiger partial charge in [0.05, 0.1) is 6.61 Å². The van der Waals surface area contributed by atoms with E-state index in [0.717, 1.165) is 51.4 Å². The minimum Gasteiger partial charge on any atom is -0.462 e. The van der Waals surface area contributed by atoms with Crippen LogP contribution in [0, 0.1) is 0 Å². The van der Waals surface area contributed by atoms with Crippen LogP contribution in [0.25, 0.3) is 0 Å². The lowest BCUT2D eigenvalue weighted by molar-refractivity contribution is -0.220. The Labute approximate surface area is 337 Å². The van der Waals surface area contributed by atoms with Crippen LogP contribution >= 0.6 is 7.82 Å². The van der Waals surface area contributed by atoms with Crippen LogP contribution in [-0.2, 0) is 32.7 Å². The molecule has 13 nitrogen and oxygen atoms in total. The molecular weight excluding hydrogens is 743 g/mol. The first-order valence-corrected chi connectivity index (χ1v) is 23.5. The Morgan fingerprint density at radius 2 is 0.911 bits per heavy atom. The lowest BCUT2D eigenvalue weighted by Gasteiger charge is -2.41. The number of allylic oxidation sites excluding steroid dienone is 2. The molecule has 1 aliphatic rings. The molecule has 8 atom stereocenters. The Bertz CT molecular complexity index is 1040. The van der Waals surface area contributed by atoms with Gasteiger partial charge in [-0.2, -0.15) is 0 Å². The van der Waals surface area contributed by atoms with Gasteiger partial charge in [0.1, 0.15) is 43.2 Å². The van der Waals surface area contributed by atoms with Crippen molar-refractivity contribution in [2.24, 2.45) is 0 Å². The molecule has 0 heterocycles. The molecule has 0 spiro atoms. The van der Waals surface area contributed by atoms with E-state index in [1.165, 1.54) is 96.3 Å². The quantitative estimate of drug-likeness (QED) is 0.0154. The Balaban J connectivity index is 2.46. The summed E-state index contributed by atoms with van der Waals surface area (Å²) in [6.45, 7) is 3.27. The number of carbonyl (C=O) groups excluding carboxylic acids is 2. The van der Waals surface area contributed by atoms with Crippen LogP contribution < -0.4 is 0 Å². The van der Waals surface area contributed by atoms with E-state index >= 15 is 0 Å². The molecule has 330 valence electrons. The number of esters is 2. The molecular formula is C42H79O13P. The Hall–Kier alpha value is -1.41. The molecule has 1 saturated carbocycles. The maximum Gasteiger partial charge on any atom is 0.472 e. The van der Waals surface area contributed by atoms with Gasteiger partial charge >= 0.3 is 19.8 Å². The summed E-state index contributed by atoms with van der Waals surface area (Å²) < 4.78 is 33.4. The van der Waals surface area contributed by atoms with Gasteiger partial charge in [0.15, 0.2) is 6.10 Å². The minimum atomic E-state index is -5.11. The van der Waals surface area contributed by atoms with Crippen molar-refractivity contribution in [2.45, 2.75) is 230 Å². The fraction of sp³-hybridized carbons (Fsp3) is 0.905. The number of ether oxygens (including phenoxy) is 2. The first-order valence-electron chi connectivity index (χ1n) is 22.0. The van der Waals surface area contributed by atoms with Crippen molar-refractivity contribution in [3.8, 4) is 0 Å². The topological polar surface area (TPSA) is 210 Å². The molecule has 1 fully saturated rings. The third-order valence-electron chi connectivity index (χ3n) is 10.4. The van der Waals surface area contributed by atoms with Crippen molar-refractivity contribution in [3.05, 3.63) is 12.2 Å². The number of aliphatic hydroxyl groups is 5. The van der Waals surface area contributed by atoms with Crippen molar-refractivity contribution in [1.82, 2.24) is 0 Å². The second kappa shape index (κ2) is 33.4. The van der Waals surface area contributed by atoms with Crippen LogP contribution in [0.4, 0.5) is 0 Å². The maximum absolute atomic E-state index is 12.8. The number of phosphoric acid groups is 1. The molecule has 14 heteroatoms. The average Bonchev–Trinajstić information content (AvgIpc) is 3.18. The highest BCUT2D eigenvalue weighted by Gasteiger charge is 2.51. The Kier molecular flexibility index (Phi) is 31.4. The van der Waals surface area contributed by atoms with Crippen molar-refractivity contribution < 1.29 is 63.1 Å². The molecule has 0 saturated heterocycles. The van der Waals surface area contributed by atoms with Crippen molar-refractivity contribution in [3.63, 3.8) is 0 Å². The molecule has 56 heavy (non-hydrogen) atoms. The van der Waals surface area contributed by atoms with Gasteiger partial charge in [-0.15, -0.1) is 0 Å². The van der Waals surface area contributed by atoms with E-state index in [9.17, 15) is 44.6 Å². The van der Waals surface area contributed by atoms with E-state index in [2.05, 4.69) is 26.0 Å². The van der Waals surface area contributed by atoms with Crippen molar-refractivity contribution >= 4 is 19.8 Å². The average molecular weight is 823 g/mol. The highest BCUT2D eigenvalue weighted by atomic mass is 31.2. The lowest BCUT2D eigenvalue weighted by Crippen LogP contribution is -2.64. The molecule has 0 aromatic carbocycles. The van der Waals surface area contributed by atoms with Gasteiger partial charge in [-0.3, -0.25) is 18.6 Å². The molecule has 0 aliphatic heterocycles. The number of phosphoric ester groups is 1. The number of carbonyl (C=O) groups is 2. The zero-order valence-corrected chi connectivity index (χ0v) is 35.6. The number of aliphatic hydroxyl groups excluding tert-OH is 5. The normalized spacial score (nSPS) is 22.9. The molecule has 6 unspecified atom stereocenters. The second-order valence-electron chi connectivity index (χ2n) is 15.6. The van der Waals surface area contributed by atoms with Gasteiger partial charge in [-0.1, -0.05) is 148 Å². The first-order chi connectivity index (χ1) is 26.9. The van der Waals surface area contributed by atoms with Gasteiger partial charge in [0, 0.05) is 12.8 Å². The Morgan fingerprint density at radius 1 is 0.536 bits per heavy atom. The fourth-order valence-electron chi connectivity index (χ4n) is 6.75. The van der Waals surface area contributed by atoms with Crippen molar-refractivity contribution in [2.75, 3.05) is 13.2 Å². The van der Waals surface area contributed by atoms with Crippen LogP contribution in [0.2, 0.25) is 0 Å². The van der Waals surface area contributed by atoms with Gasteiger partial charge in [0.2, 0.25) is 0 Å². The fourth-order valence-corrected chi connectivity index (χ4v) is 7.73. The summed E-state index contributed by atoms with van der Waals surface area (Å²) in [5, 5.41) is 50.0. The highest BCUT2D eigenvalue weighted by Crippen LogP contribution is 2.47. The summed E-state index contributed by atoms with van der Waals surface area (Å²) in [6.07, 6.45) is 19.9. The molecule has 0 aromatic rings. The monoisotopic (exact) mass is 823 g/mol. The van der Waals surface area contributed by atoms with E-state index in [1.54, 1.807) is 0 Å². The first kappa shape index (κ1) is 52.6. The van der Waals surface area contributed by atoms with Gasteiger partial charge in [0.25, 0.3) is 0 Å². The van der Waals surface area contributed by atoms with E-state index in [-0.39, 0.29) is 12.8 Å². The number of unbranched alkanes of at least 4 members (excludes halogenated alkanes) is 22. The summed E-state index contributed by atoms with van der Waals surface area (Å²) in [5.74, 6) is -1.10. The smallest absolute Gasteiger partial charge is 0.462 e. The van der Waals surface area contributed by atoms with E-state index < -0.39 is 75.7 Å². The second-order valence-corrected chi connectivity index (χ2v) is 17.0. The van der Waals surface area contributed by atoms with Crippen LogP contribution in [-0.4, -0.2) is 98.3 Å². The third kappa shape index (κ3) is 25.8. The Morgan fingerprint density at radius 3 is 1.36 bits per heavy atom.